The van der Waals surface area contributed by atoms with Crippen LogP contribution in [-0.2, 0) is 4.74 Å². The van der Waals surface area contributed by atoms with Gasteiger partial charge in [0.2, 0.25) is 0 Å². The quantitative estimate of drug-likeness (QED) is 0.852. The van der Waals surface area contributed by atoms with Crippen molar-refractivity contribution in [3.63, 3.8) is 0 Å². The number of H-pyrrole nitrogens is 1. The normalized spacial score (nSPS) is 16.9. The van der Waals surface area contributed by atoms with E-state index in [1.54, 1.807) is 0 Å². The Kier molecular flexibility index (Phi) is 3.02. The lowest BCUT2D eigenvalue weighted by atomic mass is 9.90. The van der Waals surface area contributed by atoms with Gasteiger partial charge in [-0.05, 0) is 36.0 Å². The second-order valence-corrected chi connectivity index (χ2v) is 4.72. The van der Waals surface area contributed by atoms with Crippen LogP contribution in [0.5, 0.6) is 0 Å². The molecular weight excluding hydrogens is 226 g/mol. The molecule has 0 bridgehead atoms. The van der Waals surface area contributed by atoms with Crippen molar-refractivity contribution >= 4 is 5.82 Å². The van der Waals surface area contributed by atoms with Gasteiger partial charge >= 0.3 is 0 Å². The maximum Gasteiger partial charge on any atom is 0.145 e. The highest BCUT2D eigenvalue weighted by Gasteiger charge is 2.16. The summed E-state index contributed by atoms with van der Waals surface area (Å²) in [5, 5.41) is 6.92. The highest BCUT2D eigenvalue weighted by Crippen LogP contribution is 2.29. The molecule has 1 aliphatic heterocycles. The van der Waals surface area contributed by atoms with Crippen LogP contribution in [0.1, 0.15) is 24.3 Å². The smallest absolute Gasteiger partial charge is 0.145 e. The van der Waals surface area contributed by atoms with Crippen LogP contribution in [0.25, 0.3) is 11.3 Å². The van der Waals surface area contributed by atoms with E-state index < -0.39 is 0 Å². The van der Waals surface area contributed by atoms with Gasteiger partial charge in [-0.15, -0.1) is 0 Å². The molecule has 0 atom stereocenters. The summed E-state index contributed by atoms with van der Waals surface area (Å²) in [5.74, 6) is 1.14. The molecule has 1 saturated heterocycles. The maximum absolute atomic E-state index is 5.64. The van der Waals surface area contributed by atoms with Crippen LogP contribution >= 0.6 is 0 Å². The van der Waals surface area contributed by atoms with E-state index in [4.69, 9.17) is 10.5 Å². The van der Waals surface area contributed by atoms with Crippen LogP contribution < -0.4 is 5.73 Å². The Balaban J connectivity index is 1.88. The first kappa shape index (κ1) is 11.3. The van der Waals surface area contributed by atoms with Crippen molar-refractivity contribution in [1.29, 1.82) is 0 Å². The third kappa shape index (κ3) is 2.24. The Bertz CT molecular complexity index is 529. The number of nitrogen functional groups attached to an aromatic ring is 1. The van der Waals surface area contributed by atoms with Crippen molar-refractivity contribution in [3.8, 4) is 11.3 Å². The third-order valence-electron chi connectivity index (χ3n) is 3.49. The Morgan fingerprint density at radius 2 is 2.06 bits per heavy atom. The fourth-order valence-electron chi connectivity index (χ4n) is 2.48. The zero-order valence-electron chi connectivity index (χ0n) is 10.2. The topological polar surface area (TPSA) is 63.9 Å². The number of benzene rings is 1. The average Bonchev–Trinajstić information content (AvgIpc) is 2.87. The van der Waals surface area contributed by atoms with E-state index >= 15 is 0 Å². The number of nitrogens with two attached hydrogens (primary N) is 1. The summed E-state index contributed by atoms with van der Waals surface area (Å²) in [5.41, 5.74) is 9.13. The number of ether oxygens (including phenoxy) is 1. The fourth-order valence-corrected chi connectivity index (χ4v) is 2.48. The lowest BCUT2D eigenvalue weighted by Crippen LogP contribution is -2.13. The molecule has 2 aromatic rings. The van der Waals surface area contributed by atoms with Gasteiger partial charge in [0, 0.05) is 19.3 Å². The van der Waals surface area contributed by atoms with Gasteiger partial charge in [0.1, 0.15) is 5.82 Å². The molecule has 1 aromatic heterocycles. The van der Waals surface area contributed by atoms with Gasteiger partial charge in [0.05, 0.1) is 5.69 Å². The average molecular weight is 243 g/mol. The maximum atomic E-state index is 5.64. The standard InChI is InChI=1S/C14H17N3O/c15-14-9-13(16-17-14)12-3-1-2-11(8-12)10-4-6-18-7-5-10/h1-3,8-10H,4-7H2,(H3,15,16,17). The molecular formula is C14H17N3O. The largest absolute Gasteiger partial charge is 0.382 e. The number of aromatic nitrogens is 2. The molecule has 1 aromatic carbocycles. The fraction of sp³-hybridized carbons (Fsp3) is 0.357. The van der Waals surface area contributed by atoms with Crippen molar-refractivity contribution in [2.24, 2.45) is 0 Å². The van der Waals surface area contributed by atoms with E-state index in [0.29, 0.717) is 11.7 Å². The number of anilines is 1. The van der Waals surface area contributed by atoms with E-state index in [9.17, 15) is 0 Å². The molecule has 0 unspecified atom stereocenters. The van der Waals surface area contributed by atoms with E-state index in [0.717, 1.165) is 37.3 Å². The number of hydrogen-bond donors (Lipinski definition) is 2. The minimum atomic E-state index is 0.529. The predicted octanol–water partition coefficient (Wildman–Crippen LogP) is 2.55. The number of nitrogens with one attached hydrogen (secondary N) is 1. The Morgan fingerprint density at radius 1 is 1.22 bits per heavy atom. The van der Waals surface area contributed by atoms with Gasteiger partial charge in [-0.2, -0.15) is 5.10 Å². The van der Waals surface area contributed by atoms with Crippen molar-refractivity contribution in [1.82, 2.24) is 10.2 Å². The van der Waals surface area contributed by atoms with Gasteiger partial charge < -0.3 is 10.5 Å². The third-order valence-corrected chi connectivity index (χ3v) is 3.49. The highest BCUT2D eigenvalue weighted by molar-refractivity contribution is 5.62. The summed E-state index contributed by atoms with van der Waals surface area (Å²) < 4.78 is 5.41. The van der Waals surface area contributed by atoms with Crippen LogP contribution in [0.3, 0.4) is 0 Å². The first-order valence-corrected chi connectivity index (χ1v) is 6.32. The van der Waals surface area contributed by atoms with E-state index in [1.807, 2.05) is 6.07 Å². The molecule has 18 heavy (non-hydrogen) atoms. The van der Waals surface area contributed by atoms with Crippen LogP contribution in [-0.4, -0.2) is 23.4 Å². The summed E-state index contributed by atoms with van der Waals surface area (Å²) >= 11 is 0. The van der Waals surface area contributed by atoms with Crippen molar-refractivity contribution in [3.05, 3.63) is 35.9 Å². The van der Waals surface area contributed by atoms with Crippen molar-refractivity contribution in [2.45, 2.75) is 18.8 Å². The summed E-state index contributed by atoms with van der Waals surface area (Å²) in [6.07, 6.45) is 2.21. The van der Waals surface area contributed by atoms with Crippen LogP contribution in [0, 0.1) is 0 Å². The monoisotopic (exact) mass is 243 g/mol. The molecule has 0 amide bonds. The Morgan fingerprint density at radius 3 is 2.78 bits per heavy atom. The minimum absolute atomic E-state index is 0.529. The molecule has 0 saturated carbocycles. The van der Waals surface area contributed by atoms with Gasteiger partial charge in [-0.3, -0.25) is 5.10 Å². The summed E-state index contributed by atoms with van der Waals surface area (Å²) in [4.78, 5) is 0. The molecule has 4 heteroatoms. The Labute approximate surface area is 106 Å². The zero-order chi connectivity index (χ0) is 12.4. The molecule has 1 aliphatic rings. The molecule has 3 N–H and O–H groups in total. The number of rotatable bonds is 2. The van der Waals surface area contributed by atoms with E-state index in [2.05, 4.69) is 34.5 Å². The van der Waals surface area contributed by atoms with Gasteiger partial charge in [0.15, 0.2) is 0 Å². The van der Waals surface area contributed by atoms with Crippen LogP contribution in [0.2, 0.25) is 0 Å². The molecule has 2 heterocycles. The molecule has 1 fully saturated rings. The zero-order valence-corrected chi connectivity index (χ0v) is 10.2. The van der Waals surface area contributed by atoms with E-state index in [1.165, 1.54) is 5.56 Å². The lowest BCUT2D eigenvalue weighted by Gasteiger charge is -2.22. The minimum Gasteiger partial charge on any atom is -0.382 e. The molecule has 3 rings (SSSR count). The lowest BCUT2D eigenvalue weighted by molar-refractivity contribution is 0.0853. The van der Waals surface area contributed by atoms with Gasteiger partial charge in [-0.1, -0.05) is 18.2 Å². The second kappa shape index (κ2) is 4.82. The van der Waals surface area contributed by atoms with Crippen molar-refractivity contribution < 1.29 is 4.74 Å². The SMILES string of the molecule is Nc1cc(-c2cccc(C3CCOCC3)c2)[nH]n1. The number of nitrogens with zero attached hydrogens (tertiary/aromatic N) is 1. The highest BCUT2D eigenvalue weighted by atomic mass is 16.5. The van der Waals surface area contributed by atoms with Gasteiger partial charge in [-0.25, -0.2) is 0 Å². The molecule has 0 radical (unpaired) electrons. The van der Waals surface area contributed by atoms with E-state index in [-0.39, 0.29) is 0 Å². The Hall–Kier alpha value is -1.81. The first-order valence-electron chi connectivity index (χ1n) is 6.32. The summed E-state index contributed by atoms with van der Waals surface area (Å²) in [7, 11) is 0. The first-order chi connectivity index (χ1) is 8.83. The number of aromatic amines is 1. The summed E-state index contributed by atoms with van der Waals surface area (Å²) in [6, 6.07) is 10.5. The molecule has 4 nitrogen and oxygen atoms in total. The molecule has 0 aliphatic carbocycles. The molecule has 94 valence electrons. The molecule has 0 spiro atoms. The van der Waals surface area contributed by atoms with Crippen molar-refractivity contribution in [2.75, 3.05) is 18.9 Å². The van der Waals surface area contributed by atoms with Gasteiger partial charge in [0.25, 0.3) is 0 Å². The summed E-state index contributed by atoms with van der Waals surface area (Å²) in [6.45, 7) is 1.73. The van der Waals surface area contributed by atoms with Crippen LogP contribution in [0.4, 0.5) is 5.82 Å². The predicted molar refractivity (Wildman–Crippen MR) is 71.2 cm³/mol. The van der Waals surface area contributed by atoms with Crippen LogP contribution in [0.15, 0.2) is 30.3 Å². The number of hydrogen-bond acceptors (Lipinski definition) is 3. The second-order valence-electron chi connectivity index (χ2n) is 4.72.